The zero-order valence-electron chi connectivity index (χ0n) is 7.59. The summed E-state index contributed by atoms with van der Waals surface area (Å²) in [6, 6.07) is 4.44. The van der Waals surface area contributed by atoms with Crippen LogP contribution >= 0.6 is 11.3 Å². The molecule has 2 heteroatoms. The molecule has 0 bridgehead atoms. The van der Waals surface area contributed by atoms with Crippen LogP contribution in [0.3, 0.4) is 0 Å². The molecule has 0 spiro atoms. The van der Waals surface area contributed by atoms with Gasteiger partial charge in [0, 0.05) is 0 Å². The van der Waals surface area contributed by atoms with Crippen LogP contribution in [-0.4, -0.2) is 21.8 Å². The fourth-order valence-electron chi connectivity index (χ4n) is 0.847. The van der Waals surface area contributed by atoms with E-state index in [4.69, 9.17) is 0 Å². The molecule has 0 saturated carbocycles. The summed E-state index contributed by atoms with van der Waals surface area (Å²) < 4.78 is 5.51. The summed E-state index contributed by atoms with van der Waals surface area (Å²) in [5, 5.41) is 2.18. The van der Waals surface area contributed by atoms with Gasteiger partial charge in [0.25, 0.3) is 0 Å². The Morgan fingerprint density at radius 2 is 2.00 bits per heavy atom. The van der Waals surface area contributed by atoms with Gasteiger partial charge in [0.15, 0.2) is 0 Å². The van der Waals surface area contributed by atoms with Gasteiger partial charge in [-0.1, -0.05) is 0 Å². The molecule has 0 aliphatic carbocycles. The van der Waals surface area contributed by atoms with E-state index in [0.717, 1.165) is 0 Å². The molecule has 11 heavy (non-hydrogen) atoms. The Balaban J connectivity index is 2.90. The molecule has 0 unspecified atom stereocenters. The van der Waals surface area contributed by atoms with Crippen LogP contribution in [0.15, 0.2) is 17.5 Å². The van der Waals surface area contributed by atoms with E-state index in [-0.39, 0.29) is 0 Å². The molecule has 0 radical (unpaired) electrons. The van der Waals surface area contributed by atoms with Crippen molar-refractivity contribution in [1.82, 2.24) is 0 Å². The van der Waals surface area contributed by atoms with Crippen molar-refractivity contribution in [3.63, 3.8) is 0 Å². The van der Waals surface area contributed by atoms with E-state index in [1.54, 1.807) is 4.88 Å². The van der Waals surface area contributed by atoms with E-state index >= 15 is 0 Å². The molecule has 0 aliphatic heterocycles. The van der Waals surface area contributed by atoms with Crippen LogP contribution in [0.5, 0.6) is 0 Å². The topological polar surface area (TPSA) is 0 Å². The molecule has 0 fully saturated rings. The molecule has 62 valence electrons. The van der Waals surface area contributed by atoms with Crippen molar-refractivity contribution in [1.29, 1.82) is 0 Å². The van der Waals surface area contributed by atoms with Gasteiger partial charge < -0.3 is 0 Å². The van der Waals surface area contributed by atoms with Crippen LogP contribution in [-0.2, 0) is 3.12 Å². The Bertz CT molecular complexity index is 211. The summed E-state index contributed by atoms with van der Waals surface area (Å²) in [6.07, 6.45) is 0. The Morgan fingerprint density at radius 1 is 1.36 bits per heavy atom. The summed E-state index contributed by atoms with van der Waals surface area (Å²) in [7, 11) is 0. The second-order valence-electron chi connectivity index (χ2n) is 3.43. The van der Waals surface area contributed by atoms with Gasteiger partial charge in [-0.3, -0.25) is 0 Å². The van der Waals surface area contributed by atoms with Crippen molar-refractivity contribution >= 4 is 33.1 Å². The van der Waals surface area contributed by atoms with Crippen LogP contribution in [0, 0.1) is 0 Å². The minimum atomic E-state index is -1.16. The van der Waals surface area contributed by atoms with Crippen molar-refractivity contribution < 1.29 is 0 Å². The fourth-order valence-corrected chi connectivity index (χ4v) is 5.82. The van der Waals surface area contributed by atoms with Gasteiger partial charge in [-0.15, -0.1) is 0 Å². The normalized spacial score (nSPS) is 12.5. The first-order valence-electron chi connectivity index (χ1n) is 3.76. The molecule has 0 amide bonds. The number of thiophene rings is 1. The quantitative estimate of drug-likeness (QED) is 0.707. The van der Waals surface area contributed by atoms with E-state index < -0.39 is 21.8 Å². The molecule has 1 rings (SSSR count). The van der Waals surface area contributed by atoms with Gasteiger partial charge in [0.1, 0.15) is 0 Å². The summed E-state index contributed by atoms with van der Waals surface area (Å²) in [6.45, 7) is 4.80. The first-order chi connectivity index (χ1) is 5.05. The van der Waals surface area contributed by atoms with E-state index in [9.17, 15) is 0 Å². The molecule has 0 aliphatic rings. The predicted octanol–water partition coefficient (Wildman–Crippen LogP) is 3.32. The SMILES string of the molecule is [CH3][Bi]([CH3])[C](C)(C)c1cccs1. The third kappa shape index (κ3) is 2.03. The zero-order chi connectivity index (χ0) is 8.48. The number of rotatable bonds is 2. The van der Waals surface area contributed by atoms with Crippen molar-refractivity contribution in [2.45, 2.75) is 26.2 Å². The zero-order valence-corrected chi connectivity index (χ0v) is 11.9. The maximum absolute atomic E-state index is 2.48. The first kappa shape index (κ1) is 9.67. The maximum atomic E-state index is 2.48. The predicted molar refractivity (Wildman–Crippen MR) is 54.8 cm³/mol. The van der Waals surface area contributed by atoms with Crippen molar-refractivity contribution in [3.05, 3.63) is 22.4 Å². The van der Waals surface area contributed by atoms with E-state index in [0.29, 0.717) is 3.12 Å². The second-order valence-corrected chi connectivity index (χ2v) is 15.7. The van der Waals surface area contributed by atoms with Crippen molar-refractivity contribution in [2.24, 2.45) is 0 Å². The van der Waals surface area contributed by atoms with Crippen LogP contribution in [0.2, 0.25) is 9.26 Å². The Hall–Kier alpha value is 0.583. The Morgan fingerprint density at radius 3 is 2.36 bits per heavy atom. The Labute approximate surface area is 81.3 Å². The molecule has 1 aromatic heterocycles. The molecule has 0 atom stereocenters. The van der Waals surface area contributed by atoms with Crippen LogP contribution < -0.4 is 0 Å². The van der Waals surface area contributed by atoms with Crippen molar-refractivity contribution in [2.75, 3.05) is 0 Å². The number of hydrogen-bond donors (Lipinski definition) is 0. The number of hydrogen-bond acceptors (Lipinski definition) is 1. The van der Waals surface area contributed by atoms with Crippen molar-refractivity contribution in [3.8, 4) is 0 Å². The minimum absolute atomic E-state index is 0.545. The van der Waals surface area contributed by atoms with Gasteiger partial charge in [0.2, 0.25) is 0 Å². The molecule has 0 saturated heterocycles. The second kappa shape index (κ2) is 3.53. The molecule has 0 N–H and O–H groups in total. The average molecular weight is 364 g/mol. The molecule has 0 nitrogen and oxygen atoms in total. The monoisotopic (exact) mass is 364 g/mol. The van der Waals surface area contributed by atoms with Gasteiger partial charge in [-0.25, -0.2) is 0 Å². The van der Waals surface area contributed by atoms with E-state index in [1.807, 2.05) is 11.3 Å². The first-order valence-corrected chi connectivity index (χ1v) is 13.3. The molecular formula is C9H15BiS. The molecule has 1 aromatic rings. The van der Waals surface area contributed by atoms with E-state index in [2.05, 4.69) is 40.6 Å². The summed E-state index contributed by atoms with van der Waals surface area (Å²) in [4.78, 5) is 1.58. The molecule has 0 aromatic carbocycles. The van der Waals surface area contributed by atoms with Crippen LogP contribution in [0.4, 0.5) is 0 Å². The van der Waals surface area contributed by atoms with Gasteiger partial charge in [0.05, 0.1) is 0 Å². The molecular weight excluding hydrogens is 349 g/mol. The average Bonchev–Trinajstić information content (AvgIpc) is 2.37. The van der Waals surface area contributed by atoms with Crippen LogP contribution in [0.1, 0.15) is 18.7 Å². The Kier molecular flexibility index (Phi) is 3.11. The standard InChI is InChI=1S/C7H9S.2CH3.Bi/c1-6(2)7-4-3-5-8-7;;;/h3-5H,1-2H3;2*1H3;. The third-order valence-corrected chi connectivity index (χ3v) is 13.7. The summed E-state index contributed by atoms with van der Waals surface area (Å²) in [5.41, 5.74) is 0. The molecule has 1 heterocycles. The van der Waals surface area contributed by atoms with Gasteiger partial charge >= 0.3 is 81.7 Å². The van der Waals surface area contributed by atoms with Crippen LogP contribution in [0.25, 0.3) is 0 Å². The van der Waals surface area contributed by atoms with Gasteiger partial charge in [-0.2, -0.15) is 0 Å². The third-order valence-electron chi connectivity index (χ3n) is 2.24. The summed E-state index contributed by atoms with van der Waals surface area (Å²) in [5.74, 6) is 0. The fraction of sp³-hybridized carbons (Fsp3) is 0.556. The van der Waals surface area contributed by atoms with E-state index in [1.165, 1.54) is 0 Å². The summed E-state index contributed by atoms with van der Waals surface area (Å²) >= 11 is 0.754. The van der Waals surface area contributed by atoms with Gasteiger partial charge in [-0.05, 0) is 0 Å².